The van der Waals surface area contributed by atoms with Crippen molar-refractivity contribution in [3.05, 3.63) is 54.8 Å². The second kappa shape index (κ2) is 13.8. The summed E-state index contributed by atoms with van der Waals surface area (Å²) in [5.41, 5.74) is -1.65. The summed E-state index contributed by atoms with van der Waals surface area (Å²) in [5, 5.41) is 40.9. The lowest BCUT2D eigenvalue weighted by Crippen LogP contribution is -2.36. The van der Waals surface area contributed by atoms with E-state index in [2.05, 4.69) is 27.6 Å². The van der Waals surface area contributed by atoms with Gasteiger partial charge >= 0.3 is 34.8 Å². The van der Waals surface area contributed by atoms with Gasteiger partial charge in [-0.25, -0.2) is 23.3 Å². The molecule has 2 aliphatic rings. The van der Waals surface area contributed by atoms with Crippen molar-refractivity contribution >= 4 is 47.9 Å². The Hall–Kier alpha value is -1.63. The number of aromatic amines is 2. The van der Waals surface area contributed by atoms with E-state index in [1.807, 2.05) is 0 Å². The number of aliphatic hydroxyl groups excluding tert-OH is 4. The van der Waals surface area contributed by atoms with Gasteiger partial charge < -0.3 is 44.6 Å². The highest BCUT2D eigenvalue weighted by Gasteiger charge is 2.48. The predicted molar refractivity (Wildman–Crippen MR) is 147 cm³/mol. The van der Waals surface area contributed by atoms with E-state index in [1.165, 1.54) is 12.1 Å². The zero-order chi connectivity index (χ0) is 33.5. The number of ether oxygens (including phenoxy) is 2. The van der Waals surface area contributed by atoms with Gasteiger partial charge in [0, 0.05) is 12.4 Å². The van der Waals surface area contributed by atoms with Crippen LogP contribution in [-0.2, 0) is 40.8 Å². The van der Waals surface area contributed by atoms with Gasteiger partial charge in [0.1, 0.15) is 45.9 Å². The summed E-state index contributed by atoms with van der Waals surface area (Å²) >= 11 is 9.59. The van der Waals surface area contributed by atoms with Crippen molar-refractivity contribution in [3.8, 4) is 0 Å². The standard InChI is InChI=1S/C18H25N4O18P3S2/c23-11-7(37-15(13(11)25)21-3-1-9(44)19-17(21)27)5-35-41(29,30)39-43(33,34)40-42(31,32)36-6-8-12(24)14(26)16(38-8)22-4-2-10(45)20-18(22)28/h1-4,7-8,11-16,23-26H,5-6H2,(H,29,30)(H,31,32)(H,33,34)(H,19,27,44)(H,20,28,45)/t7-,8-,11-,12-,13-,14-,15-,16+/m1/s1. The molecule has 4 heterocycles. The highest BCUT2D eigenvalue weighted by Crippen LogP contribution is 2.67. The lowest BCUT2D eigenvalue weighted by molar-refractivity contribution is -0.0548. The molecular weight excluding hydrogens is 717 g/mol. The largest absolute Gasteiger partial charge is 0.490 e. The van der Waals surface area contributed by atoms with Crippen molar-refractivity contribution in [3.63, 3.8) is 0 Å². The topological polar surface area (TPSA) is 324 Å². The first-order chi connectivity index (χ1) is 20.8. The molecule has 9 N–H and O–H groups in total. The van der Waals surface area contributed by atoms with Crippen molar-refractivity contribution < 1.29 is 75.9 Å². The van der Waals surface area contributed by atoms with E-state index >= 15 is 0 Å². The van der Waals surface area contributed by atoms with Gasteiger partial charge in [-0.3, -0.25) is 28.1 Å². The highest BCUT2D eigenvalue weighted by molar-refractivity contribution is 7.71. The zero-order valence-electron chi connectivity index (χ0n) is 22.0. The van der Waals surface area contributed by atoms with E-state index in [-0.39, 0.29) is 9.28 Å². The maximum atomic E-state index is 12.3. The molecule has 11 atom stereocenters. The third kappa shape index (κ3) is 8.84. The van der Waals surface area contributed by atoms with Crippen molar-refractivity contribution in [2.75, 3.05) is 13.2 Å². The van der Waals surface area contributed by atoms with Crippen LogP contribution < -0.4 is 11.4 Å². The second-order valence-electron chi connectivity index (χ2n) is 9.29. The number of aliphatic hydroxyl groups is 4. The van der Waals surface area contributed by atoms with Gasteiger partial charge in [-0.1, -0.05) is 24.4 Å². The average Bonchev–Trinajstić information content (AvgIpc) is 3.35. The van der Waals surface area contributed by atoms with E-state index < -0.39 is 97.1 Å². The molecule has 45 heavy (non-hydrogen) atoms. The van der Waals surface area contributed by atoms with Gasteiger partial charge in [0.25, 0.3) is 0 Å². The molecule has 27 heteroatoms. The fourth-order valence-electron chi connectivity index (χ4n) is 4.11. The molecule has 3 unspecified atom stereocenters. The number of aromatic nitrogens is 4. The Bertz CT molecular complexity index is 1660. The van der Waals surface area contributed by atoms with Gasteiger partial charge in [-0.2, -0.15) is 8.62 Å². The van der Waals surface area contributed by atoms with Crippen LogP contribution in [0.25, 0.3) is 0 Å². The van der Waals surface area contributed by atoms with Gasteiger partial charge in [0.2, 0.25) is 0 Å². The predicted octanol–water partition coefficient (Wildman–Crippen LogP) is -1.57. The molecule has 4 rings (SSSR count). The number of phosphoric ester groups is 2. The number of nitrogens with one attached hydrogen (secondary N) is 2. The molecule has 2 aromatic heterocycles. The quantitative estimate of drug-likeness (QED) is 0.0876. The Morgan fingerprint density at radius 3 is 1.38 bits per heavy atom. The van der Waals surface area contributed by atoms with Crippen LogP contribution in [0.4, 0.5) is 0 Å². The van der Waals surface area contributed by atoms with Crippen LogP contribution in [0.15, 0.2) is 34.1 Å². The van der Waals surface area contributed by atoms with Crippen LogP contribution in [0.5, 0.6) is 0 Å². The number of phosphoric acid groups is 3. The molecular formula is C18H25N4O18P3S2. The smallest absolute Gasteiger partial charge is 0.387 e. The molecule has 22 nitrogen and oxygen atoms in total. The molecule has 0 saturated carbocycles. The SMILES string of the molecule is O=c1[nH]c(=S)ccn1[C@@H]1O[C@H](COP(=O)(O)OP(=O)(O)OP(=O)(O)OC[C@H]2O[C@H](n3ccc(=S)[nH]c3=O)[C@H](O)[C@@H]2O)[C@@H](O)[C@H]1O. The molecule has 2 aliphatic heterocycles. The fourth-order valence-corrected chi connectivity index (χ4v) is 7.92. The maximum absolute atomic E-state index is 12.3. The first-order valence-corrected chi connectivity index (χ1v) is 17.5. The van der Waals surface area contributed by atoms with Crippen LogP contribution in [0.2, 0.25) is 0 Å². The molecule has 2 saturated heterocycles. The summed E-state index contributed by atoms with van der Waals surface area (Å²) in [6, 6.07) is 2.54. The van der Waals surface area contributed by atoms with E-state index in [4.69, 9.17) is 33.9 Å². The van der Waals surface area contributed by atoms with Crippen LogP contribution in [0.3, 0.4) is 0 Å². The third-order valence-corrected chi connectivity index (χ3v) is 10.9. The normalized spacial score (nSPS) is 32.5. The van der Waals surface area contributed by atoms with Crippen LogP contribution in [0.1, 0.15) is 12.5 Å². The van der Waals surface area contributed by atoms with E-state index in [1.54, 1.807) is 0 Å². The maximum Gasteiger partial charge on any atom is 0.490 e. The van der Waals surface area contributed by atoms with Crippen LogP contribution in [0, 0.1) is 9.28 Å². The van der Waals surface area contributed by atoms with Crippen molar-refractivity contribution in [1.29, 1.82) is 0 Å². The lowest BCUT2D eigenvalue weighted by atomic mass is 10.1. The second-order valence-corrected chi connectivity index (χ2v) is 14.8. The molecule has 0 aromatic carbocycles. The minimum Gasteiger partial charge on any atom is -0.387 e. The Balaban J connectivity index is 1.31. The fraction of sp³-hybridized carbons (Fsp3) is 0.556. The lowest BCUT2D eigenvalue weighted by Gasteiger charge is -2.21. The summed E-state index contributed by atoms with van der Waals surface area (Å²) in [7, 11) is -17.2. The van der Waals surface area contributed by atoms with Gasteiger partial charge in [-0.15, -0.1) is 0 Å². The minimum absolute atomic E-state index is 0.0554. The van der Waals surface area contributed by atoms with Crippen molar-refractivity contribution in [2.24, 2.45) is 0 Å². The van der Waals surface area contributed by atoms with Crippen molar-refractivity contribution in [1.82, 2.24) is 19.1 Å². The Kier molecular flexibility index (Phi) is 11.1. The Morgan fingerprint density at radius 2 is 1.04 bits per heavy atom. The van der Waals surface area contributed by atoms with Gasteiger partial charge in [0.05, 0.1) is 13.2 Å². The van der Waals surface area contributed by atoms with Crippen LogP contribution in [-0.4, -0.2) is 104 Å². The first kappa shape index (κ1) is 36.2. The molecule has 0 spiro atoms. The van der Waals surface area contributed by atoms with E-state index in [0.29, 0.717) is 0 Å². The first-order valence-electron chi connectivity index (χ1n) is 12.2. The van der Waals surface area contributed by atoms with Crippen LogP contribution >= 0.6 is 47.9 Å². The summed E-state index contributed by atoms with van der Waals surface area (Å²) in [5.74, 6) is 0. The highest BCUT2D eigenvalue weighted by atomic mass is 32.1. The summed E-state index contributed by atoms with van der Waals surface area (Å²) in [6.07, 6.45) is -11.1. The summed E-state index contributed by atoms with van der Waals surface area (Å²) < 4.78 is 66.0. The van der Waals surface area contributed by atoms with E-state index in [9.17, 15) is 58.4 Å². The number of hydrogen-bond acceptors (Lipinski definition) is 17. The summed E-state index contributed by atoms with van der Waals surface area (Å²) in [4.78, 5) is 58.2. The number of hydrogen-bond donors (Lipinski definition) is 9. The molecule has 0 bridgehead atoms. The molecule has 0 aliphatic carbocycles. The average molecular weight is 742 g/mol. The third-order valence-electron chi connectivity index (χ3n) is 6.14. The Morgan fingerprint density at radius 1 is 0.689 bits per heavy atom. The number of H-pyrrole nitrogens is 2. The van der Waals surface area contributed by atoms with E-state index in [0.717, 1.165) is 21.5 Å². The van der Waals surface area contributed by atoms with Crippen molar-refractivity contribution in [2.45, 2.75) is 49.1 Å². The monoisotopic (exact) mass is 742 g/mol. The molecule has 2 aromatic rings. The minimum atomic E-state index is -5.96. The number of nitrogens with zero attached hydrogens (tertiary/aromatic N) is 2. The summed E-state index contributed by atoms with van der Waals surface area (Å²) in [6.45, 7) is -2.16. The molecule has 252 valence electrons. The molecule has 0 radical (unpaired) electrons. The number of rotatable bonds is 12. The van der Waals surface area contributed by atoms with Gasteiger partial charge in [0.15, 0.2) is 12.5 Å². The molecule has 2 fully saturated rings. The van der Waals surface area contributed by atoms with Gasteiger partial charge in [-0.05, 0) is 12.1 Å². The zero-order valence-corrected chi connectivity index (χ0v) is 26.3. The Labute approximate surface area is 259 Å². The molecule has 0 amide bonds.